The molecule has 0 saturated heterocycles. The van der Waals surface area contributed by atoms with Gasteiger partial charge in [-0.3, -0.25) is 0 Å². The highest BCUT2D eigenvalue weighted by atomic mass is 32.1. The standard InChI is InChI=1S/C49H34N2S/c1-49(2)41-20-10-8-18-36(41)37-25-23-33(29-42(37)49)50(43-21-12-14-31-13-6-7-17-35(31)43)34-24-26-40-45(30-34)51(32-15-4-3-5-16-32)44-28-27-39-38-19-9-11-22-46(38)52-48(39)47(40)44/h3-30H,1-2H3. The number of thiophene rings is 1. The number of anilines is 3. The molecule has 0 amide bonds. The second-order valence-corrected chi connectivity index (χ2v) is 15.6. The Balaban J connectivity index is 1.21. The van der Waals surface area contributed by atoms with Crippen molar-refractivity contribution in [1.82, 2.24) is 4.57 Å². The molecule has 10 aromatic rings. The molecule has 246 valence electrons. The van der Waals surface area contributed by atoms with Crippen LogP contribution in [0.15, 0.2) is 170 Å². The molecule has 2 aromatic heterocycles. The SMILES string of the molecule is CC1(C)c2ccccc2-c2ccc(N(c3ccc4c5c6sc7ccccc7c6ccc5n(-c5ccccc5)c4c3)c3cccc4ccccc34)cc21. The van der Waals surface area contributed by atoms with Crippen LogP contribution in [0.4, 0.5) is 17.1 Å². The summed E-state index contributed by atoms with van der Waals surface area (Å²) in [5.74, 6) is 0. The molecule has 2 heterocycles. The van der Waals surface area contributed by atoms with Crippen LogP contribution in [0.25, 0.3) is 69.6 Å². The van der Waals surface area contributed by atoms with Crippen molar-refractivity contribution in [2.45, 2.75) is 19.3 Å². The maximum atomic E-state index is 2.48. The van der Waals surface area contributed by atoms with Crippen LogP contribution in [0.3, 0.4) is 0 Å². The fourth-order valence-electron chi connectivity index (χ4n) is 8.93. The molecule has 0 fully saturated rings. The molecule has 0 N–H and O–H groups in total. The quantitative estimate of drug-likeness (QED) is 0.179. The molecule has 11 rings (SSSR count). The molecule has 52 heavy (non-hydrogen) atoms. The van der Waals surface area contributed by atoms with E-state index >= 15 is 0 Å². The van der Waals surface area contributed by atoms with Gasteiger partial charge in [0, 0.05) is 58.8 Å². The van der Waals surface area contributed by atoms with Crippen LogP contribution in [-0.4, -0.2) is 4.57 Å². The molecule has 8 aromatic carbocycles. The molecular weight excluding hydrogens is 649 g/mol. The van der Waals surface area contributed by atoms with E-state index < -0.39 is 0 Å². The minimum Gasteiger partial charge on any atom is -0.310 e. The summed E-state index contributed by atoms with van der Waals surface area (Å²) in [6.45, 7) is 4.73. The largest absolute Gasteiger partial charge is 0.310 e. The Labute approximate surface area is 306 Å². The lowest BCUT2D eigenvalue weighted by Gasteiger charge is -2.29. The first-order chi connectivity index (χ1) is 25.6. The molecule has 0 bridgehead atoms. The van der Waals surface area contributed by atoms with Crippen molar-refractivity contribution in [3.8, 4) is 16.8 Å². The van der Waals surface area contributed by atoms with E-state index in [0.717, 1.165) is 17.1 Å². The minimum atomic E-state index is -0.105. The lowest BCUT2D eigenvalue weighted by atomic mass is 9.82. The third kappa shape index (κ3) is 4.11. The average Bonchev–Trinajstić information content (AvgIpc) is 3.81. The van der Waals surface area contributed by atoms with Crippen LogP contribution < -0.4 is 4.90 Å². The summed E-state index contributed by atoms with van der Waals surface area (Å²) in [5, 5.41) is 7.68. The summed E-state index contributed by atoms with van der Waals surface area (Å²) in [6, 6.07) is 62.8. The van der Waals surface area contributed by atoms with Crippen molar-refractivity contribution in [3.63, 3.8) is 0 Å². The highest BCUT2D eigenvalue weighted by Gasteiger charge is 2.36. The van der Waals surface area contributed by atoms with E-state index in [2.05, 4.69) is 193 Å². The van der Waals surface area contributed by atoms with Gasteiger partial charge in [-0.25, -0.2) is 0 Å². The van der Waals surface area contributed by atoms with Gasteiger partial charge >= 0.3 is 0 Å². The summed E-state index contributed by atoms with van der Waals surface area (Å²) in [4.78, 5) is 2.48. The van der Waals surface area contributed by atoms with E-state index in [0.29, 0.717) is 0 Å². The Morgan fingerprint density at radius 1 is 0.500 bits per heavy atom. The van der Waals surface area contributed by atoms with Gasteiger partial charge in [-0.15, -0.1) is 11.3 Å². The fourth-order valence-corrected chi connectivity index (χ4v) is 10.2. The van der Waals surface area contributed by atoms with Gasteiger partial charge in [0.1, 0.15) is 0 Å². The number of aromatic nitrogens is 1. The van der Waals surface area contributed by atoms with Crippen LogP contribution in [0.1, 0.15) is 25.0 Å². The number of benzene rings is 8. The summed E-state index contributed by atoms with van der Waals surface area (Å²) in [5.41, 5.74) is 12.4. The van der Waals surface area contributed by atoms with Gasteiger partial charge in [0.25, 0.3) is 0 Å². The molecule has 0 unspecified atom stereocenters. The zero-order valence-corrected chi connectivity index (χ0v) is 29.8. The number of nitrogens with zero attached hydrogens (tertiary/aromatic N) is 2. The third-order valence-corrected chi connectivity index (χ3v) is 12.6. The molecular formula is C49H34N2S. The normalized spacial score (nSPS) is 13.3. The van der Waals surface area contributed by atoms with E-state index in [-0.39, 0.29) is 5.41 Å². The van der Waals surface area contributed by atoms with E-state index in [9.17, 15) is 0 Å². The van der Waals surface area contributed by atoms with Crippen molar-refractivity contribution >= 4 is 81.1 Å². The number of hydrogen-bond donors (Lipinski definition) is 0. The van der Waals surface area contributed by atoms with Gasteiger partial charge in [-0.2, -0.15) is 0 Å². The van der Waals surface area contributed by atoms with Crippen molar-refractivity contribution in [1.29, 1.82) is 0 Å². The van der Waals surface area contributed by atoms with Crippen LogP contribution in [0, 0.1) is 0 Å². The minimum absolute atomic E-state index is 0.105. The Kier molecular flexibility index (Phi) is 6.21. The summed E-state index contributed by atoms with van der Waals surface area (Å²) >= 11 is 1.90. The Hall–Kier alpha value is -6.16. The lowest BCUT2D eigenvalue weighted by Crippen LogP contribution is -2.16. The van der Waals surface area contributed by atoms with E-state index in [1.54, 1.807) is 0 Å². The fraction of sp³-hybridized carbons (Fsp3) is 0.0612. The molecule has 2 nitrogen and oxygen atoms in total. The molecule has 0 radical (unpaired) electrons. The molecule has 0 aliphatic heterocycles. The molecule has 3 heteroatoms. The molecule has 1 aliphatic rings. The smallest absolute Gasteiger partial charge is 0.0562 e. The van der Waals surface area contributed by atoms with Crippen molar-refractivity contribution in [3.05, 3.63) is 181 Å². The Morgan fingerprint density at radius 3 is 2.10 bits per heavy atom. The molecule has 0 saturated carbocycles. The maximum Gasteiger partial charge on any atom is 0.0562 e. The predicted octanol–water partition coefficient (Wildman–Crippen LogP) is 14.1. The highest BCUT2D eigenvalue weighted by Crippen LogP contribution is 2.51. The maximum absolute atomic E-state index is 2.48. The van der Waals surface area contributed by atoms with Gasteiger partial charge in [0.2, 0.25) is 0 Å². The number of fused-ring (bicyclic) bond motifs is 11. The van der Waals surface area contributed by atoms with Gasteiger partial charge in [0.05, 0.1) is 16.7 Å². The number of hydrogen-bond acceptors (Lipinski definition) is 2. The third-order valence-electron chi connectivity index (χ3n) is 11.4. The van der Waals surface area contributed by atoms with Crippen molar-refractivity contribution in [2.75, 3.05) is 4.90 Å². The number of para-hydroxylation sites is 1. The zero-order chi connectivity index (χ0) is 34.6. The Bertz CT molecular complexity index is 3050. The Morgan fingerprint density at radius 2 is 1.19 bits per heavy atom. The second-order valence-electron chi connectivity index (χ2n) is 14.5. The summed E-state index contributed by atoms with van der Waals surface area (Å²) in [7, 11) is 0. The lowest BCUT2D eigenvalue weighted by molar-refractivity contribution is 0.660. The first-order valence-electron chi connectivity index (χ1n) is 18.0. The van der Waals surface area contributed by atoms with Crippen molar-refractivity contribution in [2.24, 2.45) is 0 Å². The van der Waals surface area contributed by atoms with E-state index in [4.69, 9.17) is 0 Å². The van der Waals surface area contributed by atoms with Crippen LogP contribution in [0.5, 0.6) is 0 Å². The topological polar surface area (TPSA) is 8.17 Å². The van der Waals surface area contributed by atoms with Gasteiger partial charge < -0.3 is 9.47 Å². The first kappa shape index (κ1) is 29.6. The molecule has 0 spiro atoms. The highest BCUT2D eigenvalue weighted by molar-refractivity contribution is 7.26. The van der Waals surface area contributed by atoms with Crippen LogP contribution >= 0.6 is 11.3 Å². The second kappa shape index (κ2) is 10.9. The van der Waals surface area contributed by atoms with Gasteiger partial charge in [-0.1, -0.05) is 129 Å². The van der Waals surface area contributed by atoms with Gasteiger partial charge in [0.15, 0.2) is 0 Å². The van der Waals surface area contributed by atoms with Crippen LogP contribution in [-0.2, 0) is 5.41 Å². The molecule has 0 atom stereocenters. The number of rotatable bonds is 4. The van der Waals surface area contributed by atoms with E-state index in [1.165, 1.54) is 80.7 Å². The van der Waals surface area contributed by atoms with E-state index in [1.807, 2.05) is 11.3 Å². The van der Waals surface area contributed by atoms with Crippen molar-refractivity contribution < 1.29 is 0 Å². The zero-order valence-electron chi connectivity index (χ0n) is 29.0. The summed E-state index contributed by atoms with van der Waals surface area (Å²) in [6.07, 6.45) is 0. The first-order valence-corrected chi connectivity index (χ1v) is 18.8. The monoisotopic (exact) mass is 682 g/mol. The van der Waals surface area contributed by atoms with Gasteiger partial charge in [-0.05, 0) is 82.2 Å². The summed E-state index contributed by atoms with van der Waals surface area (Å²) < 4.78 is 5.13. The van der Waals surface area contributed by atoms with Crippen LogP contribution in [0.2, 0.25) is 0 Å². The predicted molar refractivity (Wildman–Crippen MR) is 223 cm³/mol. The molecule has 1 aliphatic carbocycles. The average molecular weight is 683 g/mol.